The van der Waals surface area contributed by atoms with Crippen molar-refractivity contribution in [1.82, 2.24) is 14.3 Å². The van der Waals surface area contributed by atoms with E-state index in [0.29, 0.717) is 19.0 Å². The highest BCUT2D eigenvalue weighted by Crippen LogP contribution is 2.21. The van der Waals surface area contributed by atoms with Gasteiger partial charge >= 0.3 is 0 Å². The van der Waals surface area contributed by atoms with Crippen molar-refractivity contribution in [3.8, 4) is 0 Å². The monoisotopic (exact) mass is 244 g/mol. The molecule has 1 aromatic rings. The van der Waals surface area contributed by atoms with Gasteiger partial charge in [0.25, 0.3) is 10.0 Å². The first-order valence-electron chi connectivity index (χ1n) is 5.26. The summed E-state index contributed by atoms with van der Waals surface area (Å²) in [5.41, 5.74) is 5.89. The number of nitrogens with zero attached hydrogens (tertiary/aromatic N) is 2. The number of hydrogen-bond acceptors (Lipinski definition) is 4. The van der Waals surface area contributed by atoms with Gasteiger partial charge in [-0.05, 0) is 12.3 Å². The Balaban J connectivity index is 2.20. The van der Waals surface area contributed by atoms with Crippen LogP contribution in [0.4, 0.5) is 0 Å². The topological polar surface area (TPSA) is 92.1 Å². The maximum absolute atomic E-state index is 12.1. The molecule has 2 unspecified atom stereocenters. The smallest absolute Gasteiger partial charge is 0.260 e. The highest BCUT2D eigenvalue weighted by atomic mass is 32.2. The summed E-state index contributed by atoms with van der Waals surface area (Å²) in [6.07, 6.45) is 3.48. The fourth-order valence-corrected chi connectivity index (χ4v) is 3.20. The van der Waals surface area contributed by atoms with Crippen molar-refractivity contribution in [3.05, 3.63) is 12.5 Å². The zero-order chi connectivity index (χ0) is 11.8. The third kappa shape index (κ3) is 1.98. The number of nitrogens with one attached hydrogen (secondary N) is 1. The summed E-state index contributed by atoms with van der Waals surface area (Å²) >= 11 is 0. The summed E-state index contributed by atoms with van der Waals surface area (Å²) in [5, 5.41) is 0.134. The summed E-state index contributed by atoms with van der Waals surface area (Å²) in [4.78, 5) is 6.34. The van der Waals surface area contributed by atoms with Gasteiger partial charge in [0.15, 0.2) is 5.03 Å². The van der Waals surface area contributed by atoms with Crippen molar-refractivity contribution >= 4 is 10.0 Å². The number of piperidine rings is 1. The fourth-order valence-electron chi connectivity index (χ4n) is 1.81. The van der Waals surface area contributed by atoms with Crippen molar-refractivity contribution in [3.63, 3.8) is 0 Å². The van der Waals surface area contributed by atoms with Crippen LogP contribution in [0, 0.1) is 5.92 Å². The van der Waals surface area contributed by atoms with Crippen LogP contribution in [0.2, 0.25) is 0 Å². The number of imidazole rings is 1. The van der Waals surface area contributed by atoms with E-state index in [1.165, 1.54) is 16.8 Å². The SMILES string of the molecule is CC1CCN(S(=O)(=O)c2cnc[nH]2)CC1N. The van der Waals surface area contributed by atoms with Crippen LogP contribution < -0.4 is 5.73 Å². The first-order chi connectivity index (χ1) is 7.51. The lowest BCUT2D eigenvalue weighted by atomic mass is 9.96. The van der Waals surface area contributed by atoms with Gasteiger partial charge in [-0.3, -0.25) is 0 Å². The van der Waals surface area contributed by atoms with Crippen molar-refractivity contribution in [2.45, 2.75) is 24.4 Å². The second-order valence-electron chi connectivity index (χ2n) is 4.21. The fraction of sp³-hybridized carbons (Fsp3) is 0.667. The number of nitrogens with two attached hydrogens (primary N) is 1. The van der Waals surface area contributed by atoms with Crippen molar-refractivity contribution < 1.29 is 8.42 Å². The van der Waals surface area contributed by atoms with Gasteiger partial charge in [0, 0.05) is 19.1 Å². The van der Waals surface area contributed by atoms with Crippen molar-refractivity contribution in [2.24, 2.45) is 11.7 Å². The third-order valence-electron chi connectivity index (χ3n) is 3.07. The van der Waals surface area contributed by atoms with Gasteiger partial charge in [0.2, 0.25) is 0 Å². The number of hydrogen-bond donors (Lipinski definition) is 2. The van der Waals surface area contributed by atoms with Crippen LogP contribution in [-0.4, -0.2) is 41.8 Å². The molecule has 1 fully saturated rings. The molecule has 0 spiro atoms. The molecule has 90 valence electrons. The summed E-state index contributed by atoms with van der Waals surface area (Å²) in [5.74, 6) is 0.369. The predicted octanol–water partition coefficient (Wildman–Crippen LogP) is -0.232. The number of rotatable bonds is 2. The lowest BCUT2D eigenvalue weighted by Crippen LogP contribution is -2.49. The van der Waals surface area contributed by atoms with Gasteiger partial charge < -0.3 is 10.7 Å². The highest BCUT2D eigenvalue weighted by molar-refractivity contribution is 7.89. The van der Waals surface area contributed by atoms with Gasteiger partial charge in [-0.2, -0.15) is 4.31 Å². The summed E-state index contributed by atoms with van der Waals surface area (Å²) in [6, 6.07) is -0.0913. The first kappa shape index (κ1) is 11.6. The van der Waals surface area contributed by atoms with Crippen molar-refractivity contribution in [1.29, 1.82) is 0 Å². The largest absolute Gasteiger partial charge is 0.335 e. The number of sulfonamides is 1. The second-order valence-corrected chi connectivity index (χ2v) is 6.12. The Hall–Kier alpha value is -0.920. The molecule has 2 heterocycles. The van der Waals surface area contributed by atoms with Crippen LogP contribution in [0.25, 0.3) is 0 Å². The maximum atomic E-state index is 12.1. The van der Waals surface area contributed by atoms with E-state index >= 15 is 0 Å². The lowest BCUT2D eigenvalue weighted by Gasteiger charge is -2.33. The summed E-state index contributed by atoms with van der Waals surface area (Å²) < 4.78 is 25.6. The number of H-pyrrole nitrogens is 1. The van der Waals surface area contributed by atoms with Crippen LogP contribution in [0.5, 0.6) is 0 Å². The standard InChI is InChI=1S/C9H16N4O2S/c1-7-2-3-13(5-8(7)10)16(14,15)9-4-11-6-12-9/h4,6-8H,2-3,5,10H2,1H3,(H,11,12). The summed E-state index contributed by atoms with van der Waals surface area (Å²) in [7, 11) is -3.44. The van der Waals surface area contributed by atoms with Crippen LogP contribution in [0.3, 0.4) is 0 Å². The number of aromatic amines is 1. The van der Waals surface area contributed by atoms with Gasteiger partial charge in [-0.15, -0.1) is 0 Å². The van der Waals surface area contributed by atoms with E-state index in [4.69, 9.17) is 5.73 Å². The number of aromatic nitrogens is 2. The predicted molar refractivity (Wildman–Crippen MR) is 59.1 cm³/mol. The Morgan fingerprint density at radius 2 is 2.38 bits per heavy atom. The van der Waals surface area contributed by atoms with E-state index in [1.54, 1.807) is 0 Å². The zero-order valence-corrected chi connectivity index (χ0v) is 9.94. The molecule has 16 heavy (non-hydrogen) atoms. The molecule has 1 aromatic heterocycles. The van der Waals surface area contributed by atoms with Crippen LogP contribution in [-0.2, 0) is 10.0 Å². The average molecular weight is 244 g/mol. The molecule has 2 rings (SSSR count). The van der Waals surface area contributed by atoms with E-state index in [2.05, 4.69) is 9.97 Å². The normalized spacial score (nSPS) is 28.1. The van der Waals surface area contributed by atoms with Crippen LogP contribution in [0.1, 0.15) is 13.3 Å². The highest BCUT2D eigenvalue weighted by Gasteiger charge is 2.32. The Bertz CT molecular complexity index is 442. The van der Waals surface area contributed by atoms with E-state index < -0.39 is 10.0 Å². The molecule has 3 N–H and O–H groups in total. The van der Waals surface area contributed by atoms with Crippen molar-refractivity contribution in [2.75, 3.05) is 13.1 Å². The van der Waals surface area contributed by atoms with Gasteiger partial charge in [-0.25, -0.2) is 13.4 Å². The molecule has 0 bridgehead atoms. The van der Waals surface area contributed by atoms with Gasteiger partial charge in [0.05, 0.1) is 12.5 Å². The Labute approximate surface area is 94.9 Å². The van der Waals surface area contributed by atoms with Gasteiger partial charge in [-0.1, -0.05) is 6.92 Å². The molecular weight excluding hydrogens is 228 g/mol. The molecule has 1 saturated heterocycles. The molecule has 0 aliphatic carbocycles. The molecule has 2 atom stereocenters. The molecule has 6 nitrogen and oxygen atoms in total. The van der Waals surface area contributed by atoms with E-state index in [1.807, 2.05) is 6.92 Å². The summed E-state index contributed by atoms with van der Waals surface area (Å²) in [6.45, 7) is 2.95. The van der Waals surface area contributed by atoms with E-state index in [0.717, 1.165) is 6.42 Å². The van der Waals surface area contributed by atoms with E-state index in [9.17, 15) is 8.42 Å². The Morgan fingerprint density at radius 3 is 2.94 bits per heavy atom. The molecule has 7 heteroatoms. The van der Waals surface area contributed by atoms with Gasteiger partial charge in [0.1, 0.15) is 0 Å². The molecule has 0 amide bonds. The third-order valence-corrected chi connectivity index (χ3v) is 4.86. The molecule has 0 saturated carbocycles. The second kappa shape index (κ2) is 4.15. The molecular formula is C9H16N4O2S. The Kier molecular flexibility index (Phi) is 3.00. The first-order valence-corrected chi connectivity index (χ1v) is 6.70. The minimum Gasteiger partial charge on any atom is -0.335 e. The van der Waals surface area contributed by atoms with Crippen LogP contribution in [0.15, 0.2) is 17.6 Å². The quantitative estimate of drug-likeness (QED) is 0.751. The molecule has 0 aromatic carbocycles. The minimum atomic E-state index is -3.44. The Morgan fingerprint density at radius 1 is 1.62 bits per heavy atom. The minimum absolute atomic E-state index is 0.0913. The zero-order valence-electron chi connectivity index (χ0n) is 9.13. The van der Waals surface area contributed by atoms with Crippen LogP contribution >= 0.6 is 0 Å². The molecule has 1 aliphatic rings. The average Bonchev–Trinajstić information content (AvgIpc) is 2.75. The molecule has 1 aliphatic heterocycles. The van der Waals surface area contributed by atoms with E-state index in [-0.39, 0.29) is 11.1 Å². The lowest BCUT2D eigenvalue weighted by molar-refractivity contribution is 0.252. The maximum Gasteiger partial charge on any atom is 0.260 e. The molecule has 0 radical (unpaired) electrons.